The van der Waals surface area contributed by atoms with Crippen molar-refractivity contribution >= 4 is 35.0 Å². The first-order chi connectivity index (χ1) is 15.5. The SMILES string of the molecule is COc1ccc([C@@H](C(=O)NC2CCCCC2)N(CCc2ccc(Cl)cc2)C(=O)CCl)cc1. The minimum Gasteiger partial charge on any atom is -0.497 e. The van der Waals surface area contributed by atoms with Crippen molar-refractivity contribution in [1.29, 1.82) is 0 Å². The Bertz CT molecular complexity index is 881. The van der Waals surface area contributed by atoms with Gasteiger partial charge in [0.05, 0.1) is 7.11 Å². The Hall–Kier alpha value is -2.24. The fourth-order valence-corrected chi connectivity index (χ4v) is 4.44. The third-order valence-electron chi connectivity index (χ3n) is 5.93. The third-order valence-corrected chi connectivity index (χ3v) is 6.41. The molecule has 5 nitrogen and oxygen atoms in total. The lowest BCUT2D eigenvalue weighted by molar-refractivity contribution is -0.139. The molecule has 1 fully saturated rings. The van der Waals surface area contributed by atoms with Crippen LogP contribution in [0.5, 0.6) is 5.75 Å². The number of nitrogens with zero attached hydrogens (tertiary/aromatic N) is 1. The summed E-state index contributed by atoms with van der Waals surface area (Å²) in [6.07, 6.45) is 5.94. The van der Waals surface area contributed by atoms with Gasteiger partial charge in [-0.3, -0.25) is 9.59 Å². The van der Waals surface area contributed by atoms with E-state index in [2.05, 4.69) is 5.32 Å². The number of halogens is 2. The van der Waals surface area contributed by atoms with E-state index in [0.717, 1.165) is 36.8 Å². The van der Waals surface area contributed by atoms with E-state index >= 15 is 0 Å². The van der Waals surface area contributed by atoms with Crippen LogP contribution in [-0.2, 0) is 16.0 Å². The lowest BCUT2D eigenvalue weighted by atomic mass is 9.94. The van der Waals surface area contributed by atoms with Gasteiger partial charge in [0.2, 0.25) is 11.8 Å². The van der Waals surface area contributed by atoms with E-state index in [9.17, 15) is 9.59 Å². The van der Waals surface area contributed by atoms with Crippen LogP contribution in [-0.4, -0.2) is 42.3 Å². The lowest BCUT2D eigenvalue weighted by Gasteiger charge is -2.33. The number of ether oxygens (including phenoxy) is 1. The summed E-state index contributed by atoms with van der Waals surface area (Å²) in [6, 6.07) is 14.1. The van der Waals surface area contributed by atoms with Crippen molar-refractivity contribution in [2.75, 3.05) is 19.5 Å². The second-order valence-corrected chi connectivity index (χ2v) is 8.82. The van der Waals surface area contributed by atoms with E-state index in [1.54, 1.807) is 24.1 Å². The second kappa shape index (κ2) is 12.1. The molecule has 0 heterocycles. The van der Waals surface area contributed by atoms with Gasteiger partial charge in [-0.05, 0) is 54.7 Å². The monoisotopic (exact) mass is 476 g/mol. The summed E-state index contributed by atoms with van der Waals surface area (Å²) in [6.45, 7) is 0.363. The van der Waals surface area contributed by atoms with Gasteiger partial charge in [0.25, 0.3) is 0 Å². The molecule has 0 radical (unpaired) electrons. The minimum atomic E-state index is -0.763. The highest BCUT2D eigenvalue weighted by Crippen LogP contribution is 2.26. The van der Waals surface area contributed by atoms with Crippen LogP contribution in [0.2, 0.25) is 5.02 Å². The molecule has 2 aromatic carbocycles. The van der Waals surface area contributed by atoms with Crippen LogP contribution >= 0.6 is 23.2 Å². The summed E-state index contributed by atoms with van der Waals surface area (Å²) < 4.78 is 5.26. The number of benzene rings is 2. The quantitative estimate of drug-likeness (QED) is 0.509. The average molecular weight is 477 g/mol. The van der Waals surface area contributed by atoms with Gasteiger partial charge in [-0.1, -0.05) is 55.1 Å². The smallest absolute Gasteiger partial charge is 0.247 e. The lowest BCUT2D eigenvalue weighted by Crippen LogP contribution is -2.48. The number of carbonyl (C=O) groups is 2. The molecule has 1 N–H and O–H groups in total. The van der Waals surface area contributed by atoms with Crippen LogP contribution in [0, 0.1) is 0 Å². The first-order valence-electron chi connectivity index (χ1n) is 11.1. The maximum atomic E-state index is 13.5. The summed E-state index contributed by atoms with van der Waals surface area (Å²) in [5, 5.41) is 3.84. The van der Waals surface area contributed by atoms with Crippen molar-refractivity contribution in [3.8, 4) is 5.75 Å². The van der Waals surface area contributed by atoms with Gasteiger partial charge in [-0.2, -0.15) is 0 Å². The molecule has 2 aromatic rings. The van der Waals surface area contributed by atoms with Gasteiger partial charge in [0, 0.05) is 17.6 Å². The summed E-state index contributed by atoms with van der Waals surface area (Å²) in [5.41, 5.74) is 1.76. The molecule has 1 atom stereocenters. The van der Waals surface area contributed by atoms with Gasteiger partial charge in [0.15, 0.2) is 0 Å². The standard InChI is InChI=1S/C25H30Cl2N2O3/c1-32-22-13-9-19(10-14-22)24(25(31)28-21-5-3-2-4-6-21)29(23(30)17-26)16-15-18-7-11-20(27)12-8-18/h7-14,21,24H,2-6,15-17H2,1H3,(H,28,31)/t24-/m0/s1. The normalized spacial score (nSPS) is 15.1. The predicted octanol–water partition coefficient (Wildman–Crippen LogP) is 5.15. The summed E-state index contributed by atoms with van der Waals surface area (Å²) >= 11 is 12.0. The van der Waals surface area contributed by atoms with Crippen molar-refractivity contribution in [2.24, 2.45) is 0 Å². The van der Waals surface area contributed by atoms with Crippen LogP contribution in [0.4, 0.5) is 0 Å². The number of alkyl halides is 1. The molecular weight excluding hydrogens is 447 g/mol. The topological polar surface area (TPSA) is 58.6 Å². The minimum absolute atomic E-state index is 0.140. The van der Waals surface area contributed by atoms with Crippen molar-refractivity contribution in [2.45, 2.75) is 50.6 Å². The van der Waals surface area contributed by atoms with Gasteiger partial charge in [-0.15, -0.1) is 11.6 Å². The zero-order valence-electron chi connectivity index (χ0n) is 18.4. The largest absolute Gasteiger partial charge is 0.497 e. The van der Waals surface area contributed by atoms with Gasteiger partial charge in [-0.25, -0.2) is 0 Å². The zero-order valence-corrected chi connectivity index (χ0v) is 19.9. The number of carbonyl (C=O) groups excluding carboxylic acids is 2. The summed E-state index contributed by atoms with van der Waals surface area (Å²) in [7, 11) is 1.59. The Kier molecular flexibility index (Phi) is 9.24. The number of hydrogen-bond acceptors (Lipinski definition) is 3. The molecule has 172 valence electrons. The highest BCUT2D eigenvalue weighted by atomic mass is 35.5. The Morgan fingerprint density at radius 3 is 2.31 bits per heavy atom. The van der Waals surface area contributed by atoms with E-state index in [-0.39, 0.29) is 23.7 Å². The molecule has 0 bridgehead atoms. The van der Waals surface area contributed by atoms with Crippen molar-refractivity contribution in [3.63, 3.8) is 0 Å². The highest BCUT2D eigenvalue weighted by Gasteiger charge is 2.32. The molecule has 3 rings (SSSR count). The predicted molar refractivity (Wildman–Crippen MR) is 128 cm³/mol. The Morgan fingerprint density at radius 1 is 1.06 bits per heavy atom. The molecule has 7 heteroatoms. The van der Waals surface area contributed by atoms with Crippen LogP contribution in [0.1, 0.15) is 49.3 Å². The Morgan fingerprint density at radius 2 is 1.72 bits per heavy atom. The van der Waals surface area contributed by atoms with Crippen LogP contribution in [0.3, 0.4) is 0 Å². The summed E-state index contributed by atoms with van der Waals surface area (Å²) in [4.78, 5) is 28.0. The zero-order chi connectivity index (χ0) is 22.9. The van der Waals surface area contributed by atoms with Crippen LogP contribution in [0.15, 0.2) is 48.5 Å². The fourth-order valence-electron chi connectivity index (χ4n) is 4.16. The van der Waals surface area contributed by atoms with Crippen molar-refractivity contribution in [1.82, 2.24) is 10.2 Å². The number of rotatable bonds is 9. The van der Waals surface area contributed by atoms with Crippen LogP contribution < -0.4 is 10.1 Å². The molecule has 0 unspecified atom stereocenters. The number of amides is 2. The van der Waals surface area contributed by atoms with E-state index in [0.29, 0.717) is 23.7 Å². The van der Waals surface area contributed by atoms with E-state index in [1.165, 1.54) is 6.42 Å². The van der Waals surface area contributed by atoms with Crippen molar-refractivity contribution in [3.05, 3.63) is 64.7 Å². The average Bonchev–Trinajstić information content (AvgIpc) is 2.83. The molecule has 0 aliphatic heterocycles. The second-order valence-electron chi connectivity index (χ2n) is 8.12. The van der Waals surface area contributed by atoms with E-state index in [1.807, 2.05) is 36.4 Å². The third kappa shape index (κ3) is 6.63. The maximum Gasteiger partial charge on any atom is 0.247 e. The van der Waals surface area contributed by atoms with E-state index in [4.69, 9.17) is 27.9 Å². The fraction of sp³-hybridized carbons (Fsp3) is 0.440. The molecule has 2 amide bonds. The molecule has 1 aliphatic carbocycles. The Balaban J connectivity index is 1.87. The van der Waals surface area contributed by atoms with Gasteiger partial charge < -0.3 is 15.0 Å². The molecule has 0 saturated heterocycles. The number of nitrogens with one attached hydrogen (secondary N) is 1. The molecule has 1 aliphatic rings. The number of hydrogen-bond donors (Lipinski definition) is 1. The molecular formula is C25H30Cl2N2O3. The first kappa shape index (κ1) is 24.4. The molecule has 0 spiro atoms. The highest BCUT2D eigenvalue weighted by molar-refractivity contribution is 6.30. The first-order valence-corrected chi connectivity index (χ1v) is 12.0. The van der Waals surface area contributed by atoms with Gasteiger partial charge >= 0.3 is 0 Å². The maximum absolute atomic E-state index is 13.5. The van der Waals surface area contributed by atoms with E-state index < -0.39 is 6.04 Å². The Labute approximate surface area is 200 Å². The van der Waals surface area contributed by atoms with Crippen molar-refractivity contribution < 1.29 is 14.3 Å². The molecule has 0 aromatic heterocycles. The molecule has 32 heavy (non-hydrogen) atoms. The van der Waals surface area contributed by atoms with Gasteiger partial charge in [0.1, 0.15) is 17.7 Å². The summed E-state index contributed by atoms with van der Waals surface area (Å²) in [5.74, 6) is 0.0534. The van der Waals surface area contributed by atoms with Crippen LogP contribution in [0.25, 0.3) is 0 Å². The molecule has 1 saturated carbocycles. The number of methoxy groups -OCH3 is 1.